The number of aldehydes is 2. The van der Waals surface area contributed by atoms with Gasteiger partial charge in [0.1, 0.15) is 23.4 Å². The van der Waals surface area contributed by atoms with E-state index in [-0.39, 0.29) is 18.3 Å². The van der Waals surface area contributed by atoms with Gasteiger partial charge in [0.25, 0.3) is 5.91 Å². The number of nitrogens with zero attached hydrogens (tertiary/aromatic N) is 2. The second-order valence-corrected chi connectivity index (χ2v) is 13.4. The van der Waals surface area contributed by atoms with Crippen LogP contribution in [-0.2, 0) is 14.4 Å². The molecular formula is C42H44N4O6. The number of anilines is 1. The largest absolute Gasteiger partial charge is 0.484 e. The minimum Gasteiger partial charge on any atom is -0.484 e. The Bertz CT molecular complexity index is 2090. The van der Waals surface area contributed by atoms with Crippen molar-refractivity contribution in [3.05, 3.63) is 101 Å². The zero-order chi connectivity index (χ0) is 36.5. The number of nitrogen functional groups attached to an aromatic ring is 1. The normalized spacial score (nSPS) is 15.5. The third-order valence-electron chi connectivity index (χ3n) is 9.79. The highest BCUT2D eigenvalue weighted by atomic mass is 16.5. The Kier molecular flexibility index (Phi) is 11.9. The number of likely N-dealkylation sites (tertiary alicyclic amines) is 1. The summed E-state index contributed by atoms with van der Waals surface area (Å²) in [6, 6.07) is 23.0. The van der Waals surface area contributed by atoms with Gasteiger partial charge in [0, 0.05) is 53.7 Å². The van der Waals surface area contributed by atoms with Crippen molar-refractivity contribution in [3.8, 4) is 5.75 Å². The fourth-order valence-corrected chi connectivity index (χ4v) is 6.94. The van der Waals surface area contributed by atoms with E-state index in [4.69, 9.17) is 14.9 Å². The smallest absolute Gasteiger partial charge is 0.257 e. The van der Waals surface area contributed by atoms with E-state index in [0.717, 1.165) is 78.9 Å². The van der Waals surface area contributed by atoms with Crippen LogP contribution in [0.5, 0.6) is 5.75 Å². The summed E-state index contributed by atoms with van der Waals surface area (Å²) in [5.74, 6) is 0.444. The summed E-state index contributed by atoms with van der Waals surface area (Å²) in [5.41, 5.74) is 11.2. The molecule has 0 saturated carbocycles. The number of furan rings is 1. The van der Waals surface area contributed by atoms with Crippen molar-refractivity contribution in [1.29, 1.82) is 0 Å². The Labute approximate surface area is 303 Å². The number of nitrogens with one attached hydrogen (secondary N) is 1. The monoisotopic (exact) mass is 700 g/mol. The van der Waals surface area contributed by atoms with Crippen LogP contribution in [0, 0.1) is 0 Å². The molecule has 2 atom stereocenters. The first kappa shape index (κ1) is 36.2. The Morgan fingerprint density at radius 2 is 1.90 bits per heavy atom. The number of Topliss-reactive ketones (excluding diaryl/α,β-unsaturated/α-hetero) is 1. The molecule has 0 aliphatic carbocycles. The lowest BCUT2D eigenvalue weighted by Gasteiger charge is -2.33. The van der Waals surface area contributed by atoms with Gasteiger partial charge in [-0.05, 0) is 110 Å². The minimum atomic E-state index is -0.432. The number of benzene rings is 4. The number of carbonyl (C=O) groups excluding carboxylic acids is 4. The summed E-state index contributed by atoms with van der Waals surface area (Å²) in [5, 5.41) is 5.65. The highest BCUT2D eigenvalue weighted by molar-refractivity contribution is 6.08. The number of fused-ring (bicyclic) bond motifs is 3. The fourth-order valence-electron chi connectivity index (χ4n) is 6.94. The molecule has 2 unspecified atom stereocenters. The number of rotatable bonds is 16. The number of amides is 1. The van der Waals surface area contributed by atoms with Crippen LogP contribution in [0.3, 0.4) is 0 Å². The van der Waals surface area contributed by atoms with Gasteiger partial charge in [0.05, 0.1) is 17.6 Å². The first-order chi connectivity index (χ1) is 25.3. The predicted octanol–water partition coefficient (Wildman–Crippen LogP) is 7.15. The van der Waals surface area contributed by atoms with Crippen LogP contribution in [0.1, 0.15) is 77.9 Å². The Balaban J connectivity index is 0.950. The second-order valence-electron chi connectivity index (χ2n) is 13.4. The van der Waals surface area contributed by atoms with Gasteiger partial charge in [-0.15, -0.1) is 0 Å². The van der Waals surface area contributed by atoms with E-state index in [0.29, 0.717) is 53.5 Å². The van der Waals surface area contributed by atoms with E-state index in [9.17, 15) is 19.2 Å². The molecule has 4 aromatic carbocycles. The Morgan fingerprint density at radius 1 is 1.08 bits per heavy atom. The van der Waals surface area contributed by atoms with Gasteiger partial charge in [-0.25, -0.2) is 0 Å². The molecule has 1 aliphatic rings. The lowest BCUT2D eigenvalue weighted by molar-refractivity contribution is -0.123. The van der Waals surface area contributed by atoms with Gasteiger partial charge in [-0.1, -0.05) is 30.3 Å². The maximum Gasteiger partial charge on any atom is 0.257 e. The predicted molar refractivity (Wildman–Crippen MR) is 204 cm³/mol. The van der Waals surface area contributed by atoms with E-state index in [1.807, 2.05) is 48.5 Å². The topological polar surface area (TPSA) is 144 Å². The summed E-state index contributed by atoms with van der Waals surface area (Å²) in [6.07, 6.45) is 8.77. The van der Waals surface area contributed by atoms with Crippen LogP contribution in [-0.4, -0.2) is 68.2 Å². The Morgan fingerprint density at radius 3 is 2.69 bits per heavy atom. The van der Waals surface area contributed by atoms with Crippen molar-refractivity contribution in [2.24, 2.45) is 4.99 Å². The summed E-state index contributed by atoms with van der Waals surface area (Å²) < 4.78 is 11.6. The fraction of sp³-hybridized carbons (Fsp3) is 0.310. The van der Waals surface area contributed by atoms with Gasteiger partial charge < -0.3 is 34.7 Å². The SMILES string of the molecule is CC(=O)CCC(C=O)c1coc2ccc3cc(OCC(=O)NCCCN4CCCC(c5ccc(N=Cc6cccc(C=O)c6N)cc5)C4)ccc3c12. The van der Waals surface area contributed by atoms with Crippen molar-refractivity contribution >= 4 is 63.6 Å². The first-order valence-corrected chi connectivity index (χ1v) is 17.8. The minimum absolute atomic E-state index is 0.0430. The molecule has 10 heteroatoms. The molecule has 5 aromatic rings. The van der Waals surface area contributed by atoms with E-state index < -0.39 is 5.92 Å². The molecule has 1 aromatic heterocycles. The van der Waals surface area contributed by atoms with Crippen molar-refractivity contribution in [3.63, 3.8) is 0 Å². The van der Waals surface area contributed by atoms with E-state index in [1.165, 1.54) is 12.5 Å². The van der Waals surface area contributed by atoms with Gasteiger partial charge in [-0.3, -0.25) is 14.6 Å². The molecule has 268 valence electrons. The molecule has 1 saturated heterocycles. The third-order valence-corrected chi connectivity index (χ3v) is 9.79. The molecule has 0 radical (unpaired) electrons. The summed E-state index contributed by atoms with van der Waals surface area (Å²) >= 11 is 0. The van der Waals surface area contributed by atoms with Crippen LogP contribution >= 0.6 is 0 Å². The number of ether oxygens (including phenoxy) is 1. The molecule has 0 spiro atoms. The second kappa shape index (κ2) is 17.1. The zero-order valence-electron chi connectivity index (χ0n) is 29.4. The number of carbonyl (C=O) groups is 4. The standard InChI is InChI=1S/C42H44N4O6/c1-28(49)8-9-33(24-47)38-26-52-39-17-12-30-21-36(15-16-37(30)41(38)39)51-27-40(50)44-18-4-20-46-19-3-7-32(23-46)29-10-13-35(14-11-29)45-22-31-5-2-6-34(25-48)42(31)43/h2,5-6,10-17,21-22,24-26,32-33H,3-4,7-9,18-20,23,27,43H2,1H3,(H,44,50). The number of para-hydroxylation sites is 1. The summed E-state index contributed by atoms with van der Waals surface area (Å²) in [6.45, 7) is 4.91. The number of hydrogen-bond donors (Lipinski definition) is 2. The first-order valence-electron chi connectivity index (χ1n) is 17.8. The quantitative estimate of drug-likeness (QED) is 0.0478. The maximum atomic E-state index is 12.6. The molecule has 3 N–H and O–H groups in total. The summed E-state index contributed by atoms with van der Waals surface area (Å²) in [4.78, 5) is 54.2. The molecule has 1 fully saturated rings. The molecule has 52 heavy (non-hydrogen) atoms. The van der Waals surface area contributed by atoms with E-state index >= 15 is 0 Å². The van der Waals surface area contributed by atoms with Crippen molar-refractivity contribution in [1.82, 2.24) is 10.2 Å². The average Bonchev–Trinajstić information content (AvgIpc) is 3.60. The van der Waals surface area contributed by atoms with Crippen LogP contribution in [0.2, 0.25) is 0 Å². The zero-order valence-corrected chi connectivity index (χ0v) is 29.4. The van der Waals surface area contributed by atoms with Gasteiger partial charge >= 0.3 is 0 Å². The lowest BCUT2D eigenvalue weighted by Crippen LogP contribution is -2.37. The highest BCUT2D eigenvalue weighted by Crippen LogP contribution is 2.36. The van der Waals surface area contributed by atoms with Crippen LogP contribution in [0.4, 0.5) is 11.4 Å². The molecule has 6 rings (SSSR count). The number of hydrogen-bond acceptors (Lipinski definition) is 9. The summed E-state index contributed by atoms with van der Waals surface area (Å²) in [7, 11) is 0. The number of aliphatic imine (C=N–C) groups is 1. The van der Waals surface area contributed by atoms with Crippen molar-refractivity contribution < 1.29 is 28.3 Å². The molecule has 2 heterocycles. The van der Waals surface area contributed by atoms with Crippen LogP contribution in [0.15, 0.2) is 88.5 Å². The molecule has 0 bridgehead atoms. The number of piperidine rings is 1. The van der Waals surface area contributed by atoms with Crippen LogP contribution < -0.4 is 15.8 Å². The van der Waals surface area contributed by atoms with E-state index in [2.05, 4.69) is 27.3 Å². The number of nitrogens with two attached hydrogens (primary N) is 1. The third kappa shape index (κ3) is 8.81. The molecule has 1 aliphatic heterocycles. The lowest BCUT2D eigenvalue weighted by atomic mass is 9.90. The maximum absolute atomic E-state index is 12.6. The van der Waals surface area contributed by atoms with Crippen molar-refractivity contribution in [2.75, 3.05) is 38.5 Å². The number of ketones is 1. The van der Waals surface area contributed by atoms with E-state index in [1.54, 1.807) is 24.6 Å². The van der Waals surface area contributed by atoms with Gasteiger partial charge in [0.15, 0.2) is 12.9 Å². The van der Waals surface area contributed by atoms with Crippen LogP contribution in [0.25, 0.3) is 21.7 Å². The van der Waals surface area contributed by atoms with Gasteiger partial charge in [0.2, 0.25) is 0 Å². The highest BCUT2D eigenvalue weighted by Gasteiger charge is 2.22. The molecule has 1 amide bonds. The molecular weight excluding hydrogens is 656 g/mol. The average molecular weight is 701 g/mol. The van der Waals surface area contributed by atoms with Crippen molar-refractivity contribution in [2.45, 2.75) is 50.9 Å². The molecule has 10 nitrogen and oxygen atoms in total. The Hall–Kier alpha value is -5.61. The van der Waals surface area contributed by atoms with Gasteiger partial charge in [-0.2, -0.15) is 0 Å².